The third-order valence-corrected chi connectivity index (χ3v) is 5.71. The summed E-state index contributed by atoms with van der Waals surface area (Å²) in [7, 11) is 0. The summed E-state index contributed by atoms with van der Waals surface area (Å²) in [6.45, 7) is 0. The Labute approximate surface area is 168 Å². The van der Waals surface area contributed by atoms with Crippen molar-refractivity contribution in [2.75, 3.05) is 16.0 Å². The van der Waals surface area contributed by atoms with E-state index >= 15 is 0 Å². The number of hydrogen-bond donors (Lipinski definition) is 1. The smallest absolute Gasteiger partial charge is 0.247 e. The maximum Gasteiger partial charge on any atom is 0.247 e. The Morgan fingerprint density at radius 3 is 2.46 bits per heavy atom. The zero-order chi connectivity index (χ0) is 18.7. The van der Waals surface area contributed by atoms with Crippen LogP contribution in [-0.4, -0.2) is 28.7 Å². The van der Waals surface area contributed by atoms with Gasteiger partial charge in [-0.15, -0.1) is 11.8 Å². The Bertz CT molecular complexity index is 843. The molecule has 1 fully saturated rings. The number of hydrogen-bond acceptors (Lipinski definition) is 4. The minimum atomic E-state index is -0.561. The van der Waals surface area contributed by atoms with Crippen LogP contribution in [0.4, 0.5) is 11.4 Å². The van der Waals surface area contributed by atoms with Crippen molar-refractivity contribution in [3.63, 3.8) is 0 Å². The molecule has 0 saturated carbocycles. The second kappa shape index (κ2) is 8.24. The van der Waals surface area contributed by atoms with Gasteiger partial charge >= 0.3 is 0 Å². The van der Waals surface area contributed by atoms with Gasteiger partial charge in [0, 0.05) is 21.6 Å². The molecular weight excluding hydrogens is 440 g/mol. The third kappa shape index (κ3) is 4.47. The standard InChI is InChI=1S/C18H14BrClN2O3S/c19-11-1-5-13(6-2-11)21-16(23)10-26-15-9-17(24)22(18(15)25)14-7-3-12(20)4-8-14/h1-8,15H,9-10H2,(H,21,23)/t15-/m0/s1. The topological polar surface area (TPSA) is 66.5 Å². The molecule has 1 aliphatic rings. The molecule has 0 aromatic heterocycles. The van der Waals surface area contributed by atoms with E-state index in [1.165, 1.54) is 11.8 Å². The van der Waals surface area contributed by atoms with Crippen molar-refractivity contribution in [3.05, 3.63) is 58.0 Å². The molecule has 2 aromatic carbocycles. The highest BCUT2D eigenvalue weighted by atomic mass is 79.9. The molecule has 5 nitrogen and oxygen atoms in total. The lowest BCUT2D eigenvalue weighted by atomic mass is 10.3. The number of rotatable bonds is 5. The zero-order valence-electron chi connectivity index (χ0n) is 13.4. The fourth-order valence-electron chi connectivity index (χ4n) is 2.50. The normalized spacial score (nSPS) is 16.8. The minimum Gasteiger partial charge on any atom is -0.325 e. The van der Waals surface area contributed by atoms with Crippen molar-refractivity contribution in [2.45, 2.75) is 11.7 Å². The van der Waals surface area contributed by atoms with Crippen LogP contribution in [0.2, 0.25) is 5.02 Å². The summed E-state index contributed by atoms with van der Waals surface area (Å²) in [5.41, 5.74) is 1.17. The summed E-state index contributed by atoms with van der Waals surface area (Å²) in [4.78, 5) is 37.9. The molecule has 0 radical (unpaired) electrons. The molecule has 26 heavy (non-hydrogen) atoms. The van der Waals surface area contributed by atoms with Crippen molar-refractivity contribution in [2.24, 2.45) is 0 Å². The van der Waals surface area contributed by atoms with Gasteiger partial charge in [0.25, 0.3) is 0 Å². The number of benzene rings is 2. The first-order valence-electron chi connectivity index (χ1n) is 7.73. The van der Waals surface area contributed by atoms with E-state index in [-0.39, 0.29) is 29.9 Å². The van der Waals surface area contributed by atoms with Crippen molar-refractivity contribution in [1.82, 2.24) is 0 Å². The second-order valence-electron chi connectivity index (χ2n) is 5.60. The SMILES string of the molecule is O=C(CS[C@H]1CC(=O)N(c2ccc(Cl)cc2)C1=O)Nc1ccc(Br)cc1. The van der Waals surface area contributed by atoms with Gasteiger partial charge in [0.2, 0.25) is 17.7 Å². The van der Waals surface area contributed by atoms with E-state index in [4.69, 9.17) is 11.6 Å². The van der Waals surface area contributed by atoms with Gasteiger partial charge in [0.05, 0.1) is 16.7 Å². The first-order valence-corrected chi connectivity index (χ1v) is 9.95. The molecule has 1 atom stereocenters. The Balaban J connectivity index is 1.57. The molecule has 0 spiro atoms. The highest BCUT2D eigenvalue weighted by Crippen LogP contribution is 2.30. The first kappa shape index (κ1) is 18.9. The molecule has 3 rings (SSSR count). The Morgan fingerprint density at radius 2 is 1.81 bits per heavy atom. The fourth-order valence-corrected chi connectivity index (χ4v) is 3.83. The number of imide groups is 1. The number of thioether (sulfide) groups is 1. The van der Waals surface area contributed by atoms with Crippen LogP contribution in [-0.2, 0) is 14.4 Å². The van der Waals surface area contributed by atoms with Crippen molar-refractivity contribution in [1.29, 1.82) is 0 Å². The van der Waals surface area contributed by atoms with Crippen LogP contribution >= 0.6 is 39.3 Å². The first-order chi connectivity index (χ1) is 12.4. The summed E-state index contributed by atoms with van der Waals surface area (Å²) < 4.78 is 0.919. The largest absolute Gasteiger partial charge is 0.325 e. The van der Waals surface area contributed by atoms with E-state index in [9.17, 15) is 14.4 Å². The molecule has 1 heterocycles. The predicted octanol–water partition coefficient (Wildman–Crippen LogP) is 4.11. The Hall–Kier alpha value is -1.83. The van der Waals surface area contributed by atoms with Gasteiger partial charge in [-0.05, 0) is 48.5 Å². The molecule has 8 heteroatoms. The summed E-state index contributed by atoms with van der Waals surface area (Å²) in [5.74, 6) is -0.710. The van der Waals surface area contributed by atoms with E-state index in [2.05, 4.69) is 21.2 Å². The molecule has 1 aliphatic heterocycles. The average molecular weight is 454 g/mol. The van der Waals surface area contributed by atoms with Crippen molar-refractivity contribution >= 4 is 68.4 Å². The molecule has 2 aromatic rings. The molecule has 1 saturated heterocycles. The Kier molecular flexibility index (Phi) is 6.01. The molecule has 0 bridgehead atoms. The monoisotopic (exact) mass is 452 g/mol. The molecule has 1 N–H and O–H groups in total. The average Bonchev–Trinajstić information content (AvgIpc) is 2.90. The number of anilines is 2. The van der Waals surface area contributed by atoms with Gasteiger partial charge in [-0.3, -0.25) is 14.4 Å². The van der Waals surface area contributed by atoms with E-state index in [1.807, 2.05) is 12.1 Å². The van der Waals surface area contributed by atoms with E-state index in [0.29, 0.717) is 16.4 Å². The van der Waals surface area contributed by atoms with Crippen LogP contribution < -0.4 is 10.2 Å². The van der Waals surface area contributed by atoms with Crippen LogP contribution in [0.25, 0.3) is 0 Å². The van der Waals surface area contributed by atoms with Gasteiger partial charge in [0.15, 0.2) is 0 Å². The molecule has 0 aliphatic carbocycles. The van der Waals surface area contributed by atoms with Crippen LogP contribution in [0.15, 0.2) is 53.0 Å². The molecule has 134 valence electrons. The van der Waals surface area contributed by atoms with Gasteiger partial charge in [-0.25, -0.2) is 4.90 Å². The fraction of sp³-hybridized carbons (Fsp3) is 0.167. The lowest BCUT2D eigenvalue weighted by Crippen LogP contribution is -2.31. The summed E-state index contributed by atoms with van der Waals surface area (Å²) in [6, 6.07) is 13.7. The molecule has 0 unspecified atom stereocenters. The zero-order valence-corrected chi connectivity index (χ0v) is 16.6. The highest BCUT2D eigenvalue weighted by Gasteiger charge is 2.40. The summed E-state index contributed by atoms with van der Waals surface area (Å²) >= 11 is 10.3. The maximum atomic E-state index is 12.5. The van der Waals surface area contributed by atoms with Crippen LogP contribution in [0.1, 0.15) is 6.42 Å². The third-order valence-electron chi connectivity index (χ3n) is 3.73. The maximum absolute atomic E-state index is 12.5. The van der Waals surface area contributed by atoms with Gasteiger partial charge in [-0.2, -0.15) is 0 Å². The van der Waals surface area contributed by atoms with Crippen LogP contribution in [0, 0.1) is 0 Å². The van der Waals surface area contributed by atoms with E-state index < -0.39 is 5.25 Å². The number of carbonyl (C=O) groups is 3. The van der Waals surface area contributed by atoms with E-state index in [1.54, 1.807) is 36.4 Å². The molecule has 3 amide bonds. The lowest BCUT2D eigenvalue weighted by Gasteiger charge is -2.15. The predicted molar refractivity (Wildman–Crippen MR) is 108 cm³/mol. The second-order valence-corrected chi connectivity index (χ2v) is 8.15. The Morgan fingerprint density at radius 1 is 1.15 bits per heavy atom. The number of nitrogens with one attached hydrogen (secondary N) is 1. The van der Waals surface area contributed by atoms with E-state index in [0.717, 1.165) is 9.37 Å². The highest BCUT2D eigenvalue weighted by molar-refractivity contribution is 9.10. The summed E-state index contributed by atoms with van der Waals surface area (Å²) in [5, 5.41) is 2.73. The summed E-state index contributed by atoms with van der Waals surface area (Å²) in [6.07, 6.45) is 0.0810. The number of nitrogens with zero attached hydrogens (tertiary/aromatic N) is 1. The number of carbonyl (C=O) groups excluding carboxylic acids is 3. The number of halogens is 2. The van der Waals surface area contributed by atoms with Crippen LogP contribution in [0.5, 0.6) is 0 Å². The minimum absolute atomic E-state index is 0.0810. The molecular formula is C18H14BrClN2O3S. The van der Waals surface area contributed by atoms with Crippen LogP contribution in [0.3, 0.4) is 0 Å². The quantitative estimate of drug-likeness (QED) is 0.692. The lowest BCUT2D eigenvalue weighted by molar-refractivity contribution is -0.121. The van der Waals surface area contributed by atoms with Crippen molar-refractivity contribution in [3.8, 4) is 0 Å². The van der Waals surface area contributed by atoms with Gasteiger partial charge < -0.3 is 5.32 Å². The van der Waals surface area contributed by atoms with Gasteiger partial charge in [0.1, 0.15) is 0 Å². The van der Waals surface area contributed by atoms with Gasteiger partial charge in [-0.1, -0.05) is 27.5 Å². The van der Waals surface area contributed by atoms with Crippen molar-refractivity contribution < 1.29 is 14.4 Å². The number of amides is 3.